The van der Waals surface area contributed by atoms with Crippen LogP contribution in [0, 0.1) is 0 Å². The first-order chi connectivity index (χ1) is 24.1. The lowest BCUT2D eigenvalue weighted by atomic mass is 9.88. The van der Waals surface area contributed by atoms with Gasteiger partial charge < -0.3 is 4.57 Å². The molecule has 0 spiro atoms. The fraction of sp³-hybridized carbons (Fsp3) is 0.167. The van der Waals surface area contributed by atoms with Crippen molar-refractivity contribution >= 4 is 33.0 Å². The molecule has 0 aliphatic carbocycles. The molecule has 1 heterocycles. The summed E-state index contributed by atoms with van der Waals surface area (Å²) in [6.45, 7) is 10.4. The van der Waals surface area contributed by atoms with Gasteiger partial charge in [0.15, 0.2) is 0 Å². The summed E-state index contributed by atoms with van der Waals surface area (Å²) in [4.78, 5) is 0. The summed E-state index contributed by atoms with van der Waals surface area (Å²) in [5, 5.41) is 2.60. The molecule has 0 aliphatic heterocycles. The zero-order valence-corrected chi connectivity index (χ0v) is 29.1. The molecule has 0 amide bonds. The fourth-order valence-electron chi connectivity index (χ4n) is 6.79. The van der Waals surface area contributed by atoms with Crippen molar-refractivity contribution in [2.45, 2.75) is 52.4 Å². The van der Waals surface area contributed by atoms with Crippen molar-refractivity contribution in [3.05, 3.63) is 187 Å². The van der Waals surface area contributed by atoms with Gasteiger partial charge in [-0.15, -0.1) is 0 Å². The van der Waals surface area contributed by atoms with E-state index in [0.29, 0.717) is 5.92 Å². The molecule has 1 atom stereocenters. The van der Waals surface area contributed by atoms with E-state index >= 15 is 0 Å². The Labute approximate surface area is 292 Å². The third-order valence-corrected chi connectivity index (χ3v) is 9.31. The number of aromatic nitrogens is 1. The highest BCUT2D eigenvalue weighted by Gasteiger charge is 2.14. The number of hydrogen-bond donors (Lipinski definition) is 0. The third kappa shape index (κ3) is 7.85. The van der Waals surface area contributed by atoms with Crippen LogP contribution in [-0.2, 0) is 0 Å². The zero-order chi connectivity index (χ0) is 34.0. The molecule has 1 heteroatoms. The van der Waals surface area contributed by atoms with Gasteiger partial charge in [0.05, 0.1) is 11.0 Å². The van der Waals surface area contributed by atoms with Crippen LogP contribution in [0.1, 0.15) is 69.1 Å². The SMILES string of the molecule is C=C(C)c1ccccc1.CCC/C(=C\C(CCC)c1ccc(-c2ccccc2)cc1)c1ccc(-n2c3ccccc3c3ccccc32)cc1. The van der Waals surface area contributed by atoms with E-state index in [9.17, 15) is 0 Å². The highest BCUT2D eigenvalue weighted by molar-refractivity contribution is 6.09. The van der Waals surface area contributed by atoms with Crippen LogP contribution in [0.15, 0.2) is 170 Å². The van der Waals surface area contributed by atoms with Crippen LogP contribution in [0.4, 0.5) is 0 Å². The summed E-state index contributed by atoms with van der Waals surface area (Å²) >= 11 is 0. The summed E-state index contributed by atoms with van der Waals surface area (Å²) in [7, 11) is 0. The molecule has 244 valence electrons. The Morgan fingerprint density at radius 3 is 1.63 bits per heavy atom. The largest absolute Gasteiger partial charge is 0.309 e. The molecule has 0 radical (unpaired) electrons. The quantitative estimate of drug-likeness (QED) is 0.141. The average molecular weight is 638 g/mol. The molecule has 7 aromatic rings. The van der Waals surface area contributed by atoms with Crippen LogP contribution in [-0.4, -0.2) is 4.57 Å². The Bertz CT molecular complexity index is 2080. The minimum Gasteiger partial charge on any atom is -0.309 e. The van der Waals surface area contributed by atoms with Crippen LogP contribution in [0.5, 0.6) is 0 Å². The molecule has 0 aliphatic rings. The normalized spacial score (nSPS) is 12.0. The van der Waals surface area contributed by atoms with Gasteiger partial charge in [-0.1, -0.05) is 178 Å². The summed E-state index contributed by atoms with van der Waals surface area (Å²) in [5.74, 6) is 0.411. The number of benzene rings is 6. The molecule has 0 bridgehead atoms. The molecule has 7 rings (SSSR count). The van der Waals surface area contributed by atoms with E-state index in [2.05, 4.69) is 171 Å². The van der Waals surface area contributed by atoms with E-state index < -0.39 is 0 Å². The smallest absolute Gasteiger partial charge is 0.0541 e. The van der Waals surface area contributed by atoms with Crippen LogP contribution < -0.4 is 0 Å². The maximum atomic E-state index is 3.83. The lowest BCUT2D eigenvalue weighted by Gasteiger charge is -2.17. The number of para-hydroxylation sites is 2. The van der Waals surface area contributed by atoms with Gasteiger partial charge in [0.1, 0.15) is 0 Å². The molecule has 1 nitrogen and oxygen atoms in total. The van der Waals surface area contributed by atoms with Gasteiger partial charge in [0, 0.05) is 22.4 Å². The summed E-state index contributed by atoms with van der Waals surface area (Å²) in [6, 6.07) is 56.7. The molecule has 1 unspecified atom stereocenters. The Morgan fingerprint density at radius 2 is 1.10 bits per heavy atom. The highest BCUT2D eigenvalue weighted by atomic mass is 15.0. The molecule has 0 fully saturated rings. The molecule has 0 N–H and O–H groups in total. The molecule has 49 heavy (non-hydrogen) atoms. The Morgan fingerprint density at radius 1 is 0.571 bits per heavy atom. The van der Waals surface area contributed by atoms with Crippen LogP contribution in [0.25, 0.3) is 49.8 Å². The highest BCUT2D eigenvalue weighted by Crippen LogP contribution is 2.34. The van der Waals surface area contributed by atoms with Gasteiger partial charge in [0.2, 0.25) is 0 Å². The maximum absolute atomic E-state index is 3.83. The number of allylic oxidation sites excluding steroid dienone is 3. The predicted octanol–water partition coefficient (Wildman–Crippen LogP) is 13.9. The van der Waals surface area contributed by atoms with E-state index in [0.717, 1.165) is 31.3 Å². The van der Waals surface area contributed by atoms with Crippen LogP contribution in [0.2, 0.25) is 0 Å². The average Bonchev–Trinajstić information content (AvgIpc) is 3.50. The minimum absolute atomic E-state index is 0.411. The molecular weight excluding hydrogens is 591 g/mol. The number of nitrogens with zero attached hydrogens (tertiary/aromatic N) is 1. The lowest BCUT2D eigenvalue weighted by molar-refractivity contribution is 0.716. The predicted molar refractivity (Wildman–Crippen MR) is 214 cm³/mol. The maximum Gasteiger partial charge on any atom is 0.0541 e. The number of rotatable bonds is 10. The number of fused-ring (bicyclic) bond motifs is 3. The monoisotopic (exact) mass is 637 g/mol. The molecule has 0 saturated heterocycles. The minimum atomic E-state index is 0.411. The van der Waals surface area contributed by atoms with Crippen molar-refractivity contribution in [3.63, 3.8) is 0 Å². The van der Waals surface area contributed by atoms with Crippen molar-refractivity contribution in [1.82, 2.24) is 4.57 Å². The Kier molecular flexibility index (Phi) is 11.0. The van der Waals surface area contributed by atoms with Gasteiger partial charge in [-0.3, -0.25) is 0 Å². The van der Waals surface area contributed by atoms with E-state index in [4.69, 9.17) is 0 Å². The standard InChI is InChI=1S/C39H37N.C9H10/c1-3-12-33(31-22-20-30(21-23-31)29-14-6-5-7-15-29)28-34(13-4-2)32-24-26-35(27-25-32)40-38-18-10-8-16-36(38)37-17-9-11-19-39(37)40;1-8(2)9-6-4-3-5-7-9/h5-11,14-28,33H,3-4,12-13H2,1-2H3;3-7H,1H2,2H3/b34-28+;. The van der Waals surface area contributed by atoms with Gasteiger partial charge in [-0.2, -0.15) is 0 Å². The lowest BCUT2D eigenvalue weighted by Crippen LogP contribution is -1.98. The van der Waals surface area contributed by atoms with Gasteiger partial charge >= 0.3 is 0 Å². The Hall–Kier alpha value is -5.40. The summed E-state index contributed by atoms with van der Waals surface area (Å²) in [6.07, 6.45) is 7.06. The molecule has 6 aromatic carbocycles. The summed E-state index contributed by atoms with van der Waals surface area (Å²) in [5.41, 5.74) is 12.8. The number of hydrogen-bond acceptors (Lipinski definition) is 0. The van der Waals surface area contributed by atoms with Crippen molar-refractivity contribution in [2.24, 2.45) is 0 Å². The van der Waals surface area contributed by atoms with Crippen LogP contribution in [0.3, 0.4) is 0 Å². The van der Waals surface area contributed by atoms with Gasteiger partial charge in [-0.25, -0.2) is 0 Å². The van der Waals surface area contributed by atoms with Crippen molar-refractivity contribution in [2.75, 3.05) is 0 Å². The van der Waals surface area contributed by atoms with Crippen molar-refractivity contribution < 1.29 is 0 Å². The second-order valence-corrected chi connectivity index (χ2v) is 12.9. The molecule has 0 saturated carbocycles. The first-order valence-corrected chi connectivity index (χ1v) is 17.7. The van der Waals surface area contributed by atoms with E-state index in [-0.39, 0.29) is 0 Å². The Balaban J connectivity index is 0.000000403. The summed E-state index contributed by atoms with van der Waals surface area (Å²) < 4.78 is 2.39. The van der Waals surface area contributed by atoms with Crippen molar-refractivity contribution in [1.29, 1.82) is 0 Å². The molecule has 1 aromatic heterocycles. The first-order valence-electron chi connectivity index (χ1n) is 17.7. The molecular formula is C48H47N. The second kappa shape index (κ2) is 16.1. The van der Waals surface area contributed by atoms with Crippen molar-refractivity contribution in [3.8, 4) is 16.8 Å². The van der Waals surface area contributed by atoms with E-state index in [1.54, 1.807) is 0 Å². The fourth-order valence-corrected chi connectivity index (χ4v) is 6.79. The van der Waals surface area contributed by atoms with Crippen LogP contribution >= 0.6 is 0 Å². The second-order valence-electron chi connectivity index (χ2n) is 12.9. The van der Waals surface area contributed by atoms with E-state index in [1.165, 1.54) is 60.9 Å². The zero-order valence-electron chi connectivity index (χ0n) is 29.1. The topological polar surface area (TPSA) is 4.93 Å². The third-order valence-electron chi connectivity index (χ3n) is 9.31. The van der Waals surface area contributed by atoms with Gasteiger partial charge in [-0.05, 0) is 77.4 Å². The first kappa shape index (κ1) is 33.5. The van der Waals surface area contributed by atoms with E-state index in [1.807, 2.05) is 25.1 Å². The van der Waals surface area contributed by atoms with Gasteiger partial charge in [0.25, 0.3) is 0 Å².